The highest BCUT2D eigenvalue weighted by Crippen LogP contribution is 2.31. The SMILES string of the molecule is Cl.O=C(O)CC1(c2ccccc2)CNC1. The van der Waals surface area contributed by atoms with Gasteiger partial charge in [-0.3, -0.25) is 4.79 Å². The average molecular weight is 228 g/mol. The predicted octanol–water partition coefficient (Wildman–Crippen LogP) is 1.42. The van der Waals surface area contributed by atoms with Gasteiger partial charge in [0.2, 0.25) is 0 Å². The molecular formula is C11H14ClNO2. The highest BCUT2D eigenvalue weighted by Gasteiger charge is 2.40. The van der Waals surface area contributed by atoms with Crippen molar-refractivity contribution >= 4 is 18.4 Å². The highest BCUT2D eigenvalue weighted by atomic mass is 35.5. The molecule has 1 aromatic carbocycles. The van der Waals surface area contributed by atoms with E-state index in [1.54, 1.807) is 0 Å². The summed E-state index contributed by atoms with van der Waals surface area (Å²) in [6.07, 6.45) is 0.212. The smallest absolute Gasteiger partial charge is 0.304 e. The van der Waals surface area contributed by atoms with E-state index in [1.165, 1.54) is 0 Å². The van der Waals surface area contributed by atoms with Crippen LogP contribution in [-0.4, -0.2) is 24.2 Å². The molecule has 2 rings (SSSR count). The second kappa shape index (κ2) is 4.64. The van der Waals surface area contributed by atoms with E-state index in [-0.39, 0.29) is 24.2 Å². The molecule has 0 aliphatic carbocycles. The third-order valence-electron chi connectivity index (χ3n) is 2.80. The van der Waals surface area contributed by atoms with Crippen LogP contribution in [0, 0.1) is 0 Å². The van der Waals surface area contributed by atoms with Crippen molar-refractivity contribution in [2.75, 3.05) is 13.1 Å². The Morgan fingerprint density at radius 2 is 1.93 bits per heavy atom. The van der Waals surface area contributed by atoms with Crippen molar-refractivity contribution < 1.29 is 9.90 Å². The molecule has 0 aromatic heterocycles. The molecule has 1 heterocycles. The predicted molar refractivity (Wildman–Crippen MR) is 60.5 cm³/mol. The van der Waals surface area contributed by atoms with Crippen molar-refractivity contribution in [1.82, 2.24) is 5.32 Å². The van der Waals surface area contributed by atoms with Gasteiger partial charge in [0.25, 0.3) is 0 Å². The molecule has 1 saturated heterocycles. The Bertz CT molecular complexity index is 336. The van der Waals surface area contributed by atoms with E-state index in [0.29, 0.717) is 0 Å². The van der Waals surface area contributed by atoms with Crippen LogP contribution in [0.3, 0.4) is 0 Å². The lowest BCUT2D eigenvalue weighted by molar-refractivity contribution is -0.139. The van der Waals surface area contributed by atoms with Crippen LogP contribution in [0.25, 0.3) is 0 Å². The van der Waals surface area contributed by atoms with E-state index in [0.717, 1.165) is 18.7 Å². The Balaban J connectivity index is 0.00000112. The van der Waals surface area contributed by atoms with Gasteiger partial charge in [-0.1, -0.05) is 30.3 Å². The standard InChI is InChI=1S/C11H13NO2.ClH/c13-10(14)6-11(7-12-8-11)9-4-2-1-3-5-9;/h1-5,12H,6-8H2,(H,13,14);1H. The first kappa shape index (κ1) is 12.0. The van der Waals surface area contributed by atoms with Crippen LogP contribution in [0.4, 0.5) is 0 Å². The number of nitrogens with one attached hydrogen (secondary N) is 1. The molecule has 15 heavy (non-hydrogen) atoms. The molecule has 3 nitrogen and oxygen atoms in total. The molecular weight excluding hydrogens is 214 g/mol. The van der Waals surface area contributed by atoms with Crippen LogP contribution >= 0.6 is 12.4 Å². The van der Waals surface area contributed by atoms with Gasteiger partial charge in [-0.15, -0.1) is 12.4 Å². The Kier molecular flexibility index (Phi) is 3.72. The Morgan fingerprint density at radius 1 is 1.33 bits per heavy atom. The molecule has 1 aliphatic rings. The minimum atomic E-state index is -0.727. The summed E-state index contributed by atoms with van der Waals surface area (Å²) < 4.78 is 0. The normalized spacial score (nSPS) is 17.3. The third-order valence-corrected chi connectivity index (χ3v) is 2.80. The summed E-state index contributed by atoms with van der Waals surface area (Å²) in [5.41, 5.74) is 0.953. The number of hydrogen-bond acceptors (Lipinski definition) is 2. The minimum absolute atomic E-state index is 0. The number of rotatable bonds is 3. The van der Waals surface area contributed by atoms with Gasteiger partial charge in [-0.2, -0.15) is 0 Å². The molecule has 0 bridgehead atoms. The van der Waals surface area contributed by atoms with Gasteiger partial charge < -0.3 is 10.4 Å². The summed E-state index contributed by atoms with van der Waals surface area (Å²) in [5.74, 6) is -0.727. The quantitative estimate of drug-likeness (QED) is 0.821. The number of carboxylic acid groups (broad SMARTS) is 1. The summed E-state index contributed by atoms with van der Waals surface area (Å²) in [7, 11) is 0. The summed E-state index contributed by atoms with van der Waals surface area (Å²) in [6, 6.07) is 9.87. The van der Waals surface area contributed by atoms with Crippen molar-refractivity contribution in [2.24, 2.45) is 0 Å². The Hall–Kier alpha value is -1.06. The second-order valence-corrected chi connectivity index (χ2v) is 3.82. The van der Waals surface area contributed by atoms with Crippen molar-refractivity contribution in [3.05, 3.63) is 35.9 Å². The zero-order chi connectivity index (χ0) is 10.0. The van der Waals surface area contributed by atoms with E-state index in [1.807, 2.05) is 30.3 Å². The number of carboxylic acids is 1. The minimum Gasteiger partial charge on any atom is -0.481 e. The van der Waals surface area contributed by atoms with Crippen LogP contribution in [0.5, 0.6) is 0 Å². The van der Waals surface area contributed by atoms with Gasteiger partial charge in [0.05, 0.1) is 6.42 Å². The van der Waals surface area contributed by atoms with Crippen molar-refractivity contribution in [1.29, 1.82) is 0 Å². The first-order valence-electron chi connectivity index (χ1n) is 4.71. The molecule has 0 atom stereocenters. The van der Waals surface area contributed by atoms with Crippen LogP contribution in [0.2, 0.25) is 0 Å². The van der Waals surface area contributed by atoms with E-state index in [4.69, 9.17) is 5.11 Å². The van der Waals surface area contributed by atoms with Gasteiger partial charge in [0.1, 0.15) is 0 Å². The molecule has 0 saturated carbocycles. The third kappa shape index (κ3) is 2.30. The van der Waals surface area contributed by atoms with E-state index < -0.39 is 5.97 Å². The van der Waals surface area contributed by atoms with Crippen LogP contribution in [-0.2, 0) is 10.2 Å². The van der Waals surface area contributed by atoms with Gasteiger partial charge >= 0.3 is 5.97 Å². The van der Waals surface area contributed by atoms with Crippen molar-refractivity contribution in [2.45, 2.75) is 11.8 Å². The first-order valence-corrected chi connectivity index (χ1v) is 4.71. The van der Waals surface area contributed by atoms with Crippen LogP contribution in [0.1, 0.15) is 12.0 Å². The fraction of sp³-hybridized carbons (Fsp3) is 0.364. The summed E-state index contributed by atoms with van der Waals surface area (Å²) in [6.45, 7) is 1.53. The molecule has 0 amide bonds. The van der Waals surface area contributed by atoms with E-state index in [9.17, 15) is 4.79 Å². The fourth-order valence-corrected chi connectivity index (χ4v) is 1.94. The zero-order valence-corrected chi connectivity index (χ0v) is 9.09. The molecule has 0 unspecified atom stereocenters. The number of carbonyl (C=O) groups is 1. The molecule has 1 aromatic rings. The summed E-state index contributed by atoms with van der Waals surface area (Å²) >= 11 is 0. The lowest BCUT2D eigenvalue weighted by atomic mass is 9.73. The largest absolute Gasteiger partial charge is 0.481 e. The second-order valence-electron chi connectivity index (χ2n) is 3.82. The molecule has 0 radical (unpaired) electrons. The van der Waals surface area contributed by atoms with Crippen molar-refractivity contribution in [3.63, 3.8) is 0 Å². The molecule has 82 valence electrons. The van der Waals surface area contributed by atoms with Gasteiger partial charge in [0.15, 0.2) is 0 Å². The summed E-state index contributed by atoms with van der Waals surface area (Å²) in [4.78, 5) is 10.8. The molecule has 1 aliphatic heterocycles. The monoisotopic (exact) mass is 227 g/mol. The van der Waals surface area contributed by atoms with Gasteiger partial charge in [-0.25, -0.2) is 0 Å². The van der Waals surface area contributed by atoms with Crippen LogP contribution < -0.4 is 5.32 Å². The zero-order valence-electron chi connectivity index (χ0n) is 8.27. The highest BCUT2D eigenvalue weighted by molar-refractivity contribution is 5.85. The lowest BCUT2D eigenvalue weighted by Crippen LogP contribution is -2.57. The molecule has 1 fully saturated rings. The number of aliphatic carboxylic acids is 1. The molecule has 2 N–H and O–H groups in total. The maximum Gasteiger partial charge on any atom is 0.304 e. The number of hydrogen-bond donors (Lipinski definition) is 2. The topological polar surface area (TPSA) is 49.3 Å². The van der Waals surface area contributed by atoms with E-state index >= 15 is 0 Å². The van der Waals surface area contributed by atoms with E-state index in [2.05, 4.69) is 5.32 Å². The van der Waals surface area contributed by atoms with Crippen LogP contribution in [0.15, 0.2) is 30.3 Å². The van der Waals surface area contributed by atoms with Gasteiger partial charge in [0, 0.05) is 18.5 Å². The Labute approximate surface area is 94.9 Å². The Morgan fingerprint density at radius 3 is 2.33 bits per heavy atom. The number of benzene rings is 1. The fourth-order valence-electron chi connectivity index (χ4n) is 1.94. The molecule has 4 heteroatoms. The maximum atomic E-state index is 10.8. The maximum absolute atomic E-state index is 10.8. The number of halogens is 1. The first-order chi connectivity index (χ1) is 6.73. The summed E-state index contributed by atoms with van der Waals surface area (Å²) in [5, 5.41) is 12.0. The average Bonchev–Trinajstić information content (AvgIpc) is 2.12. The van der Waals surface area contributed by atoms with Gasteiger partial charge in [-0.05, 0) is 5.56 Å². The lowest BCUT2D eigenvalue weighted by Gasteiger charge is -2.42. The van der Waals surface area contributed by atoms with Crippen molar-refractivity contribution in [3.8, 4) is 0 Å². The molecule has 0 spiro atoms.